The van der Waals surface area contributed by atoms with Gasteiger partial charge < -0.3 is 9.84 Å². The van der Waals surface area contributed by atoms with Crippen LogP contribution in [-0.2, 0) is 21.4 Å². The first kappa shape index (κ1) is 24.9. The van der Waals surface area contributed by atoms with Gasteiger partial charge in [-0.3, -0.25) is 9.10 Å². The quantitative estimate of drug-likeness (QED) is 0.365. The van der Waals surface area contributed by atoms with Crippen molar-refractivity contribution in [2.45, 2.75) is 25.9 Å². The summed E-state index contributed by atoms with van der Waals surface area (Å²) in [7, 11) is -4.00. The van der Waals surface area contributed by atoms with Gasteiger partial charge in [-0.2, -0.15) is 0 Å². The van der Waals surface area contributed by atoms with Gasteiger partial charge in [0.2, 0.25) is 10.0 Å². The third-order valence-corrected chi connectivity index (χ3v) is 6.70. The molecule has 4 aromatic rings. The van der Waals surface area contributed by atoms with E-state index in [1.54, 1.807) is 36.4 Å². The van der Waals surface area contributed by atoms with Crippen LogP contribution in [0.5, 0.6) is 11.5 Å². The van der Waals surface area contributed by atoms with Crippen molar-refractivity contribution >= 4 is 32.6 Å². The molecular weight excluding hydrogens is 484 g/mol. The zero-order valence-corrected chi connectivity index (χ0v) is 20.4. The van der Waals surface area contributed by atoms with Crippen LogP contribution < -0.4 is 14.6 Å². The van der Waals surface area contributed by atoms with Crippen molar-refractivity contribution in [2.75, 3.05) is 10.6 Å². The predicted octanol–water partition coefficient (Wildman–Crippen LogP) is 3.20. The van der Waals surface area contributed by atoms with E-state index >= 15 is 0 Å². The molecule has 3 aromatic carbocycles. The van der Waals surface area contributed by atoms with Crippen LogP contribution in [0.1, 0.15) is 12.0 Å². The molecule has 10 nitrogen and oxygen atoms in total. The highest BCUT2D eigenvalue weighted by atomic mass is 32.2. The van der Waals surface area contributed by atoms with Gasteiger partial charge in [0.1, 0.15) is 23.1 Å². The lowest BCUT2D eigenvalue weighted by atomic mass is 10.2. The molecule has 1 N–H and O–H groups in total. The normalized spacial score (nSPS) is 12.3. The van der Waals surface area contributed by atoms with Crippen LogP contribution in [0.2, 0.25) is 0 Å². The number of nitrogens with zero attached hydrogens (tertiary/aromatic N) is 4. The molecule has 0 aliphatic rings. The van der Waals surface area contributed by atoms with Gasteiger partial charge >= 0.3 is 5.97 Å². The summed E-state index contributed by atoms with van der Waals surface area (Å²) in [5.41, 5.74) is 1.21. The molecule has 0 bridgehead atoms. The summed E-state index contributed by atoms with van der Waals surface area (Å²) in [6.45, 7) is 1.81. The van der Waals surface area contributed by atoms with Gasteiger partial charge in [-0.1, -0.05) is 35.0 Å². The Kier molecular flexibility index (Phi) is 7.02. The number of carboxylic acids is 1. The number of benzene rings is 3. The lowest BCUT2D eigenvalue weighted by Crippen LogP contribution is -2.46. The number of aromatic nitrogens is 3. The number of carboxylic acid groups (broad SMARTS) is 1. The Balaban J connectivity index is 1.59. The fourth-order valence-corrected chi connectivity index (χ4v) is 4.92. The molecule has 1 atom stereocenters. The SMILES string of the molecule is Cc1ccc(Oc2ccc(N(C(CCn3nnc4ccccc4c3=O)C(=O)O)S(C)(=O)=O)cc2)cc1. The molecule has 0 spiro atoms. The van der Waals surface area contributed by atoms with Crippen LogP contribution in [0.25, 0.3) is 10.9 Å². The first-order valence-corrected chi connectivity index (χ1v) is 12.9. The molecule has 0 saturated heterocycles. The largest absolute Gasteiger partial charge is 0.480 e. The molecule has 0 aliphatic heterocycles. The van der Waals surface area contributed by atoms with Gasteiger partial charge in [-0.25, -0.2) is 17.9 Å². The lowest BCUT2D eigenvalue weighted by Gasteiger charge is -2.29. The van der Waals surface area contributed by atoms with E-state index in [4.69, 9.17) is 4.74 Å². The van der Waals surface area contributed by atoms with Gasteiger partial charge in [0.05, 0.1) is 17.3 Å². The van der Waals surface area contributed by atoms with E-state index in [-0.39, 0.29) is 18.7 Å². The van der Waals surface area contributed by atoms with Gasteiger partial charge in [-0.05, 0) is 61.9 Å². The Morgan fingerprint density at radius 2 is 1.64 bits per heavy atom. The molecule has 0 aliphatic carbocycles. The molecule has 36 heavy (non-hydrogen) atoms. The van der Waals surface area contributed by atoms with E-state index in [1.165, 1.54) is 12.1 Å². The Labute approximate surface area is 207 Å². The summed E-state index contributed by atoms with van der Waals surface area (Å²) in [6, 6.07) is 18.7. The van der Waals surface area contributed by atoms with Crippen molar-refractivity contribution in [3.8, 4) is 11.5 Å². The van der Waals surface area contributed by atoms with E-state index in [0.717, 1.165) is 20.8 Å². The third-order valence-electron chi connectivity index (χ3n) is 5.52. The average Bonchev–Trinajstić information content (AvgIpc) is 2.84. The number of ether oxygens (including phenoxy) is 1. The maximum absolute atomic E-state index is 12.7. The Bertz CT molecular complexity index is 1550. The third kappa shape index (κ3) is 5.52. The summed E-state index contributed by atoms with van der Waals surface area (Å²) in [4.78, 5) is 24.9. The molecule has 0 fully saturated rings. The van der Waals surface area contributed by atoms with Crippen LogP contribution in [0.4, 0.5) is 5.69 Å². The standard InChI is InChI=1S/C25H24N4O6S/c1-17-7-11-19(12-8-17)35-20-13-9-18(10-14-20)29(36(2,33)34)23(25(31)32)15-16-28-24(30)21-5-3-4-6-22(21)26-27-28/h3-14,23H,15-16H2,1-2H3,(H,31,32). The van der Waals surface area contributed by atoms with Crippen molar-refractivity contribution in [1.82, 2.24) is 15.0 Å². The Morgan fingerprint density at radius 1 is 1.03 bits per heavy atom. The number of fused-ring (bicyclic) bond motifs is 1. The molecule has 11 heteroatoms. The second-order valence-electron chi connectivity index (χ2n) is 8.25. The van der Waals surface area contributed by atoms with Crippen LogP contribution in [0.15, 0.2) is 77.6 Å². The molecule has 1 heterocycles. The topological polar surface area (TPSA) is 132 Å². The van der Waals surface area contributed by atoms with Crippen molar-refractivity contribution in [2.24, 2.45) is 0 Å². The molecule has 4 rings (SSSR count). The highest BCUT2D eigenvalue weighted by molar-refractivity contribution is 7.92. The predicted molar refractivity (Wildman–Crippen MR) is 135 cm³/mol. The van der Waals surface area contributed by atoms with Crippen molar-refractivity contribution in [3.63, 3.8) is 0 Å². The Hall–Kier alpha value is -4.25. The minimum absolute atomic E-state index is 0.145. The van der Waals surface area contributed by atoms with E-state index in [9.17, 15) is 23.1 Å². The molecule has 0 saturated carbocycles. The number of anilines is 1. The monoisotopic (exact) mass is 508 g/mol. The smallest absolute Gasteiger partial charge is 0.327 e. The van der Waals surface area contributed by atoms with Crippen LogP contribution in [0, 0.1) is 6.92 Å². The van der Waals surface area contributed by atoms with Crippen LogP contribution in [-0.4, -0.2) is 46.8 Å². The van der Waals surface area contributed by atoms with E-state index in [2.05, 4.69) is 10.3 Å². The van der Waals surface area contributed by atoms with Crippen LogP contribution >= 0.6 is 0 Å². The maximum atomic E-state index is 12.7. The first-order valence-electron chi connectivity index (χ1n) is 11.0. The number of hydrogen-bond donors (Lipinski definition) is 1. The fourth-order valence-electron chi connectivity index (χ4n) is 3.76. The second kappa shape index (κ2) is 10.2. The minimum atomic E-state index is -4.00. The van der Waals surface area contributed by atoms with Gasteiger partial charge in [0.15, 0.2) is 0 Å². The van der Waals surface area contributed by atoms with Crippen molar-refractivity contribution in [1.29, 1.82) is 0 Å². The van der Waals surface area contributed by atoms with Gasteiger partial charge in [-0.15, -0.1) is 5.10 Å². The van der Waals surface area contributed by atoms with E-state index in [1.807, 2.05) is 31.2 Å². The zero-order chi connectivity index (χ0) is 25.9. The number of rotatable bonds is 9. The summed E-state index contributed by atoms with van der Waals surface area (Å²) in [5.74, 6) is -0.290. The molecule has 186 valence electrons. The maximum Gasteiger partial charge on any atom is 0.327 e. The van der Waals surface area contributed by atoms with Gasteiger partial charge in [0.25, 0.3) is 5.56 Å². The number of aliphatic carboxylic acids is 1. The summed E-state index contributed by atoms with van der Waals surface area (Å²) in [5, 5.41) is 18.1. The second-order valence-corrected chi connectivity index (χ2v) is 10.1. The van der Waals surface area contributed by atoms with E-state index < -0.39 is 27.6 Å². The summed E-state index contributed by atoms with van der Waals surface area (Å²) in [6.07, 6.45) is 0.721. The average molecular weight is 509 g/mol. The van der Waals surface area contributed by atoms with Gasteiger partial charge in [0, 0.05) is 6.54 Å². The van der Waals surface area contributed by atoms with Crippen molar-refractivity contribution < 1.29 is 23.1 Å². The van der Waals surface area contributed by atoms with E-state index in [0.29, 0.717) is 22.4 Å². The highest BCUT2D eigenvalue weighted by Gasteiger charge is 2.33. The number of aryl methyl sites for hydroxylation is 2. The first-order chi connectivity index (χ1) is 17.1. The zero-order valence-electron chi connectivity index (χ0n) is 19.6. The fraction of sp³-hybridized carbons (Fsp3) is 0.200. The number of hydrogen-bond acceptors (Lipinski definition) is 7. The number of sulfonamides is 1. The Morgan fingerprint density at radius 3 is 2.25 bits per heavy atom. The summed E-state index contributed by atoms with van der Waals surface area (Å²) >= 11 is 0. The molecule has 1 aromatic heterocycles. The lowest BCUT2D eigenvalue weighted by molar-refractivity contribution is -0.138. The van der Waals surface area contributed by atoms with Crippen LogP contribution in [0.3, 0.4) is 0 Å². The number of carbonyl (C=O) groups is 1. The molecule has 1 unspecified atom stereocenters. The highest BCUT2D eigenvalue weighted by Crippen LogP contribution is 2.28. The molecular formula is C25H24N4O6S. The molecule has 0 amide bonds. The minimum Gasteiger partial charge on any atom is -0.480 e. The summed E-state index contributed by atoms with van der Waals surface area (Å²) < 4.78 is 33.0. The molecule has 0 radical (unpaired) electrons. The van der Waals surface area contributed by atoms with Crippen molar-refractivity contribution in [3.05, 3.63) is 88.7 Å².